The van der Waals surface area contributed by atoms with Crippen LogP contribution >= 0.6 is 0 Å². The van der Waals surface area contributed by atoms with Gasteiger partial charge in [-0.15, -0.1) is 12.1 Å². The smallest absolute Gasteiger partial charge is 0.183 e. The second kappa shape index (κ2) is 11.4. The van der Waals surface area contributed by atoms with Crippen molar-refractivity contribution in [3.63, 3.8) is 0 Å². The molecule has 0 bridgehead atoms. The first-order chi connectivity index (χ1) is 16.7. The molecule has 1 aliphatic heterocycles. The molecule has 1 atom stereocenters. The van der Waals surface area contributed by atoms with Gasteiger partial charge in [-0.05, 0) is 11.6 Å². The molecule has 1 aliphatic rings. The monoisotopic (exact) mass is 692 g/mol. The summed E-state index contributed by atoms with van der Waals surface area (Å²) in [6.45, 7) is 17.2. The van der Waals surface area contributed by atoms with Crippen LogP contribution in [0, 0.1) is 51.6 Å². The first-order valence-electron chi connectivity index (χ1n) is 10.8. The Morgan fingerprint density at radius 2 is 1.51 bits per heavy atom. The van der Waals surface area contributed by atoms with Crippen molar-refractivity contribution in [2.24, 2.45) is 5.10 Å². The van der Waals surface area contributed by atoms with Gasteiger partial charge in [-0.1, -0.05) is 44.0 Å². The van der Waals surface area contributed by atoms with Crippen LogP contribution in [-0.2, 0) is 25.5 Å². The van der Waals surface area contributed by atoms with E-state index in [-0.39, 0.29) is 47.9 Å². The Balaban J connectivity index is 0.000000259. The first-order valence-corrected chi connectivity index (χ1v) is 10.8. The van der Waals surface area contributed by atoms with E-state index in [1.54, 1.807) is 18.1 Å². The van der Waals surface area contributed by atoms with E-state index in [1.165, 1.54) is 15.9 Å². The molecule has 3 aromatic rings. The molecule has 0 saturated heterocycles. The predicted molar refractivity (Wildman–Crippen MR) is 130 cm³/mol. The van der Waals surface area contributed by atoms with Crippen LogP contribution in [-0.4, -0.2) is 34.4 Å². The number of hydrogen-bond donors (Lipinski definition) is 0. The predicted octanol–water partition coefficient (Wildman–Crippen LogP) is 4.83. The van der Waals surface area contributed by atoms with Crippen LogP contribution in [0.2, 0.25) is 0 Å². The number of aromatic nitrogens is 3. The molecule has 0 N–H and O–H groups in total. The fraction of sp³-hybridized carbons (Fsp3) is 0.231. The Morgan fingerprint density at radius 1 is 0.946 bits per heavy atom. The average Bonchev–Trinajstić information content (AvgIpc) is 3.06. The molecule has 37 heavy (non-hydrogen) atoms. The largest absolute Gasteiger partial charge is 0.372 e. The van der Waals surface area contributed by atoms with Crippen LogP contribution in [0.3, 0.4) is 0 Å². The second-order valence-corrected chi connectivity index (χ2v) is 9.26. The average molecular weight is 692 g/mol. The Kier molecular flexibility index (Phi) is 9.22. The maximum atomic E-state index is 14.0. The fourth-order valence-electron chi connectivity index (χ4n) is 3.45. The van der Waals surface area contributed by atoms with Gasteiger partial charge in [-0.3, -0.25) is 0 Å². The fourth-order valence-corrected chi connectivity index (χ4v) is 3.45. The zero-order valence-corrected chi connectivity index (χ0v) is 23.3. The first kappa shape index (κ1) is 29.9. The second-order valence-electron chi connectivity index (χ2n) is 9.26. The molecule has 0 aromatic carbocycles. The molecular weight excluding hydrogens is 665 g/mol. The maximum Gasteiger partial charge on any atom is 0.183 e. The third-order valence-electron chi connectivity index (χ3n) is 5.52. The standard InChI is InChI=1S/C16H17F2N2.C10H10F2N4.Ir/c1-10-8-13(17)19-15(18)14(10)12-9-11(16(2,3)4)6-7-20(12)5;1-6-4-8(11)14-10(12)9(6)16-7(2)15(3)5-13-16;/h6-9H,1,5H2,2-4H3;4-5,7H,1-2H2,3H3;/q-1;-2;. The zero-order chi connectivity index (χ0) is 26.9. The minimum Gasteiger partial charge on any atom is -0.372 e. The van der Waals surface area contributed by atoms with Gasteiger partial charge in [0, 0.05) is 39.9 Å². The molecule has 0 saturated carbocycles. The summed E-state index contributed by atoms with van der Waals surface area (Å²) in [4.78, 5) is 8.02. The SMILES string of the molecule is [CH2-]c1cc(F)nc(F)c1-c1cc(C(C)(C)C)cc[n+]1[CH2-].[CH2-]c1cc(F)nc(F)c1N1N=CN(C)C1[CH2-].[Ir]. The summed E-state index contributed by atoms with van der Waals surface area (Å²) in [5, 5.41) is 5.26. The number of halogens is 4. The normalized spacial score (nSPS) is 14.8. The topological polar surface area (TPSA) is 48.5 Å². The van der Waals surface area contributed by atoms with Crippen molar-refractivity contribution >= 4 is 12.0 Å². The Hall–Kier alpha value is -3.30. The minimum atomic E-state index is -0.939. The van der Waals surface area contributed by atoms with E-state index in [0.29, 0.717) is 5.69 Å². The van der Waals surface area contributed by atoms with Gasteiger partial charge < -0.3 is 21.4 Å². The molecule has 201 valence electrons. The molecule has 11 heteroatoms. The Morgan fingerprint density at radius 3 is 2.00 bits per heavy atom. The molecule has 4 heterocycles. The van der Waals surface area contributed by atoms with Gasteiger partial charge in [0.25, 0.3) is 0 Å². The van der Waals surface area contributed by atoms with E-state index >= 15 is 0 Å². The van der Waals surface area contributed by atoms with Crippen molar-refractivity contribution in [2.75, 3.05) is 12.1 Å². The third kappa shape index (κ3) is 6.53. The summed E-state index contributed by atoms with van der Waals surface area (Å²) in [6.07, 6.45) is 2.85. The number of anilines is 1. The van der Waals surface area contributed by atoms with Gasteiger partial charge in [0.2, 0.25) is 0 Å². The quantitative estimate of drug-likeness (QED) is 0.167. The summed E-state index contributed by atoms with van der Waals surface area (Å²) in [6, 6.07) is 5.93. The molecule has 6 nitrogen and oxygen atoms in total. The third-order valence-corrected chi connectivity index (χ3v) is 5.52. The molecule has 0 spiro atoms. The number of pyridine rings is 3. The van der Waals surface area contributed by atoms with Crippen LogP contribution in [0.4, 0.5) is 23.2 Å². The molecular formula is C26H27F4IrN6-3. The Bertz CT molecular complexity index is 1260. The summed E-state index contributed by atoms with van der Waals surface area (Å²) >= 11 is 0. The van der Waals surface area contributed by atoms with Crippen LogP contribution in [0.15, 0.2) is 35.6 Å². The van der Waals surface area contributed by atoms with Gasteiger partial charge in [-0.25, -0.2) is 14.4 Å². The van der Waals surface area contributed by atoms with Crippen LogP contribution < -0.4 is 9.58 Å². The molecule has 1 unspecified atom stereocenters. The molecule has 4 rings (SSSR count). The van der Waals surface area contributed by atoms with Gasteiger partial charge in [0.1, 0.15) is 6.34 Å². The van der Waals surface area contributed by atoms with Crippen molar-refractivity contribution in [3.05, 3.63) is 98.8 Å². The van der Waals surface area contributed by atoms with Crippen LogP contribution in [0.1, 0.15) is 37.5 Å². The summed E-state index contributed by atoms with van der Waals surface area (Å²) in [7, 11) is 5.57. The van der Waals surface area contributed by atoms with Gasteiger partial charge >= 0.3 is 0 Å². The molecule has 3 aromatic heterocycles. The number of nitrogens with zero attached hydrogens (tertiary/aromatic N) is 6. The summed E-state index contributed by atoms with van der Waals surface area (Å²) in [5.74, 6) is -3.59. The molecule has 0 amide bonds. The minimum absolute atomic E-state index is 0. The molecule has 1 radical (unpaired) electrons. The van der Waals surface area contributed by atoms with Crippen molar-refractivity contribution in [2.45, 2.75) is 32.4 Å². The van der Waals surface area contributed by atoms with Crippen LogP contribution in [0.25, 0.3) is 11.3 Å². The summed E-state index contributed by atoms with van der Waals surface area (Å²) < 4.78 is 54.9. The summed E-state index contributed by atoms with van der Waals surface area (Å²) in [5.41, 5.74) is 2.11. The van der Waals surface area contributed by atoms with E-state index in [0.717, 1.165) is 17.7 Å². The van der Waals surface area contributed by atoms with Gasteiger partial charge in [-0.2, -0.15) is 43.2 Å². The van der Waals surface area contributed by atoms with Crippen molar-refractivity contribution in [1.29, 1.82) is 0 Å². The van der Waals surface area contributed by atoms with E-state index < -0.39 is 30.0 Å². The number of hydrogen-bond acceptors (Lipinski definition) is 5. The van der Waals surface area contributed by atoms with E-state index in [1.807, 2.05) is 12.1 Å². The van der Waals surface area contributed by atoms with Crippen molar-refractivity contribution < 1.29 is 42.2 Å². The van der Waals surface area contributed by atoms with Crippen molar-refractivity contribution in [3.8, 4) is 11.3 Å². The van der Waals surface area contributed by atoms with E-state index in [9.17, 15) is 17.6 Å². The van der Waals surface area contributed by atoms with E-state index in [4.69, 9.17) is 0 Å². The number of rotatable bonds is 2. The Labute approximate surface area is 228 Å². The number of hydrazone groups is 1. The van der Waals surface area contributed by atoms with Gasteiger partial charge in [0.15, 0.2) is 23.8 Å². The zero-order valence-electron chi connectivity index (χ0n) is 20.9. The maximum absolute atomic E-state index is 14.0. The van der Waals surface area contributed by atoms with Crippen molar-refractivity contribution in [1.82, 2.24) is 14.9 Å². The van der Waals surface area contributed by atoms with Crippen LogP contribution in [0.5, 0.6) is 0 Å². The van der Waals surface area contributed by atoms with E-state index in [2.05, 4.69) is 63.7 Å². The molecule has 0 fully saturated rings. The molecule has 0 aliphatic carbocycles. The van der Waals surface area contributed by atoms with Gasteiger partial charge in [0.05, 0.1) is 11.9 Å².